The maximum Gasteiger partial charge on any atom is 0.219 e. The van der Waals surface area contributed by atoms with Crippen molar-refractivity contribution in [3.63, 3.8) is 0 Å². The lowest BCUT2D eigenvalue weighted by molar-refractivity contribution is 0.100. The van der Waals surface area contributed by atoms with Gasteiger partial charge in [0, 0.05) is 6.92 Å². The minimum absolute atomic E-state index is 0.168. The van der Waals surface area contributed by atoms with Gasteiger partial charge in [0.2, 0.25) is 11.6 Å². The van der Waals surface area contributed by atoms with Crippen molar-refractivity contribution in [2.75, 3.05) is 5.43 Å². The Labute approximate surface area is 141 Å². The lowest BCUT2D eigenvalue weighted by Gasteiger charge is -2.10. The normalized spacial score (nSPS) is 10.9. The fourth-order valence-electron chi connectivity index (χ4n) is 2.37. The first kappa shape index (κ1) is 14.5. The minimum Gasteiger partial charge on any atom is -0.291 e. The number of fused-ring (bicyclic) bond motifs is 1. The molecule has 1 N–H and O–H groups in total. The number of hydrogen-bond donors (Lipinski definition) is 1. The van der Waals surface area contributed by atoms with Gasteiger partial charge in [0.25, 0.3) is 0 Å². The van der Waals surface area contributed by atoms with E-state index < -0.39 is 0 Å². The quantitative estimate of drug-likeness (QED) is 0.577. The number of rotatable bonds is 4. The van der Waals surface area contributed by atoms with Gasteiger partial charge >= 0.3 is 0 Å². The fourth-order valence-corrected chi connectivity index (χ4v) is 3.31. The summed E-state index contributed by atoms with van der Waals surface area (Å²) >= 11 is 1.51. The van der Waals surface area contributed by atoms with E-state index in [1.807, 2.05) is 54.6 Å². The summed E-state index contributed by atoms with van der Waals surface area (Å²) in [6, 6.07) is 17.4. The number of benzene rings is 2. The Balaban J connectivity index is 1.84. The topological polar surface area (TPSA) is 72.7 Å². The highest BCUT2D eigenvalue weighted by molar-refractivity contribution is 7.21. The minimum atomic E-state index is -0.168. The summed E-state index contributed by atoms with van der Waals surface area (Å²) in [6.45, 7) is 1.47. The van der Waals surface area contributed by atoms with E-state index >= 15 is 0 Å². The largest absolute Gasteiger partial charge is 0.291 e. The van der Waals surface area contributed by atoms with Crippen LogP contribution in [0.1, 0.15) is 17.5 Å². The molecule has 2 aromatic carbocycles. The number of carbonyl (C=O) groups is 1. The lowest BCUT2D eigenvalue weighted by atomic mass is 10.3. The van der Waals surface area contributed by atoms with Crippen molar-refractivity contribution in [1.82, 2.24) is 19.9 Å². The van der Waals surface area contributed by atoms with E-state index in [-0.39, 0.29) is 11.6 Å². The molecule has 4 aromatic rings. The molecular formula is C17H13N5OS. The third-order valence-corrected chi connectivity index (χ3v) is 4.51. The van der Waals surface area contributed by atoms with Crippen LogP contribution in [0, 0.1) is 0 Å². The molecule has 0 aliphatic carbocycles. The molecule has 0 aliphatic heterocycles. The van der Waals surface area contributed by atoms with Crippen LogP contribution in [0.5, 0.6) is 0 Å². The van der Waals surface area contributed by atoms with E-state index in [2.05, 4.69) is 20.6 Å². The van der Waals surface area contributed by atoms with Crippen molar-refractivity contribution in [2.24, 2.45) is 0 Å². The molecule has 7 heteroatoms. The molecule has 0 saturated carbocycles. The Morgan fingerprint density at radius 3 is 2.54 bits per heavy atom. The van der Waals surface area contributed by atoms with E-state index in [0.717, 1.165) is 15.9 Å². The summed E-state index contributed by atoms with van der Waals surface area (Å²) in [6.07, 6.45) is 0. The third-order valence-electron chi connectivity index (χ3n) is 3.48. The van der Waals surface area contributed by atoms with Crippen molar-refractivity contribution in [3.8, 4) is 10.8 Å². The Morgan fingerprint density at radius 2 is 1.79 bits per heavy atom. The highest BCUT2D eigenvalue weighted by atomic mass is 32.1. The lowest BCUT2D eigenvalue weighted by Crippen LogP contribution is -2.16. The maximum atomic E-state index is 11.9. The molecule has 0 fully saturated rings. The second-order valence-electron chi connectivity index (χ2n) is 5.20. The summed E-state index contributed by atoms with van der Waals surface area (Å²) in [5, 5.41) is 8.91. The number of Topliss-reactive ketones (excluding diaryl/α,β-unsaturated/α-hetero) is 1. The van der Waals surface area contributed by atoms with Gasteiger partial charge in [0.15, 0.2) is 10.8 Å². The number of nitrogens with zero attached hydrogens (tertiary/aromatic N) is 4. The fraction of sp³-hybridized carbons (Fsp3) is 0.0588. The van der Waals surface area contributed by atoms with Gasteiger partial charge in [-0.1, -0.05) is 30.3 Å². The monoisotopic (exact) mass is 335 g/mol. The number of aromatic nitrogens is 4. The van der Waals surface area contributed by atoms with Crippen LogP contribution in [-0.2, 0) is 0 Å². The zero-order valence-corrected chi connectivity index (χ0v) is 13.6. The van der Waals surface area contributed by atoms with Crippen molar-refractivity contribution < 1.29 is 4.79 Å². The van der Waals surface area contributed by atoms with Crippen molar-refractivity contribution in [3.05, 3.63) is 60.4 Å². The second kappa shape index (κ2) is 5.86. The molecule has 0 saturated heterocycles. The molecule has 4 rings (SSSR count). The molecule has 0 unspecified atom stereocenters. The SMILES string of the molecule is CC(=O)c1nnc(-c2nc3ccccc3s2)n1Nc1ccccc1. The average Bonchev–Trinajstić information content (AvgIpc) is 3.19. The highest BCUT2D eigenvalue weighted by Gasteiger charge is 2.20. The molecule has 0 radical (unpaired) electrons. The molecule has 0 bridgehead atoms. The molecule has 0 aliphatic rings. The van der Waals surface area contributed by atoms with Crippen LogP contribution in [0.4, 0.5) is 5.69 Å². The number of carbonyl (C=O) groups excluding carboxylic acids is 1. The van der Waals surface area contributed by atoms with Crippen LogP contribution in [0.25, 0.3) is 21.0 Å². The first-order valence-electron chi connectivity index (χ1n) is 7.37. The molecule has 24 heavy (non-hydrogen) atoms. The third kappa shape index (κ3) is 2.55. The van der Waals surface area contributed by atoms with Crippen molar-refractivity contribution in [2.45, 2.75) is 6.92 Å². The van der Waals surface area contributed by atoms with E-state index in [9.17, 15) is 4.79 Å². The zero-order chi connectivity index (χ0) is 16.5. The first-order valence-corrected chi connectivity index (χ1v) is 8.18. The van der Waals surface area contributed by atoms with Gasteiger partial charge in [-0.25, -0.2) is 9.66 Å². The van der Waals surface area contributed by atoms with Gasteiger partial charge in [0.1, 0.15) is 0 Å². The number of ketones is 1. The van der Waals surface area contributed by atoms with E-state index in [4.69, 9.17) is 0 Å². The predicted octanol–water partition coefficient (Wildman–Crippen LogP) is 3.63. The standard InChI is InChI=1S/C17H13N5OS/c1-11(23)15-19-20-16(22(15)21-12-7-3-2-4-8-12)17-18-13-9-5-6-10-14(13)24-17/h2-10,21H,1H3. The van der Waals surface area contributed by atoms with Crippen LogP contribution < -0.4 is 5.43 Å². The first-order chi connectivity index (χ1) is 11.7. The van der Waals surface area contributed by atoms with Crippen molar-refractivity contribution >= 4 is 33.0 Å². The van der Waals surface area contributed by atoms with Gasteiger partial charge < -0.3 is 0 Å². The predicted molar refractivity (Wildman–Crippen MR) is 94.1 cm³/mol. The number of hydrogen-bond acceptors (Lipinski definition) is 6. The van der Waals surface area contributed by atoms with Gasteiger partial charge in [-0.15, -0.1) is 21.5 Å². The molecule has 0 amide bonds. The van der Waals surface area contributed by atoms with E-state index in [0.29, 0.717) is 10.8 Å². The Morgan fingerprint density at radius 1 is 1.04 bits per heavy atom. The van der Waals surface area contributed by atoms with Crippen LogP contribution in [0.2, 0.25) is 0 Å². The molecule has 2 heterocycles. The summed E-state index contributed by atoms with van der Waals surface area (Å²) in [7, 11) is 0. The number of anilines is 1. The molecule has 118 valence electrons. The van der Waals surface area contributed by atoms with E-state index in [1.165, 1.54) is 18.3 Å². The van der Waals surface area contributed by atoms with Crippen molar-refractivity contribution in [1.29, 1.82) is 0 Å². The molecule has 6 nitrogen and oxygen atoms in total. The smallest absolute Gasteiger partial charge is 0.219 e. The van der Waals surface area contributed by atoms with Gasteiger partial charge in [0.05, 0.1) is 15.9 Å². The zero-order valence-electron chi connectivity index (χ0n) is 12.8. The molecular weight excluding hydrogens is 322 g/mol. The summed E-state index contributed by atoms with van der Waals surface area (Å²) in [4.78, 5) is 16.5. The second-order valence-corrected chi connectivity index (χ2v) is 6.23. The molecule has 2 aromatic heterocycles. The van der Waals surface area contributed by atoms with Gasteiger partial charge in [-0.3, -0.25) is 10.2 Å². The Hall–Kier alpha value is -3.06. The number of thiazole rings is 1. The molecule has 0 spiro atoms. The van der Waals surface area contributed by atoms with Crippen LogP contribution in [0.3, 0.4) is 0 Å². The maximum absolute atomic E-state index is 11.9. The highest BCUT2D eigenvalue weighted by Crippen LogP contribution is 2.29. The summed E-state index contributed by atoms with van der Waals surface area (Å²) in [5.41, 5.74) is 4.92. The van der Waals surface area contributed by atoms with Crippen LogP contribution in [0.15, 0.2) is 54.6 Å². The average molecular weight is 335 g/mol. The number of para-hydroxylation sites is 2. The Kier molecular flexibility index (Phi) is 3.55. The van der Waals surface area contributed by atoms with Gasteiger partial charge in [-0.2, -0.15) is 0 Å². The molecule has 0 atom stereocenters. The summed E-state index contributed by atoms with van der Waals surface area (Å²) in [5.74, 6) is 0.594. The van der Waals surface area contributed by atoms with Crippen LogP contribution in [-0.4, -0.2) is 25.6 Å². The van der Waals surface area contributed by atoms with Gasteiger partial charge in [-0.05, 0) is 24.3 Å². The number of nitrogens with one attached hydrogen (secondary N) is 1. The Bertz CT molecular complexity index is 989. The van der Waals surface area contributed by atoms with E-state index in [1.54, 1.807) is 4.68 Å². The van der Waals surface area contributed by atoms with Crippen LogP contribution >= 0.6 is 11.3 Å². The summed E-state index contributed by atoms with van der Waals surface area (Å²) < 4.78 is 2.65.